The largest absolute Gasteiger partial charge is 0.504 e. The Morgan fingerprint density at radius 1 is 1.67 bits per heavy atom. The summed E-state index contributed by atoms with van der Waals surface area (Å²) in [7, 11) is 1.20. The third-order valence-corrected chi connectivity index (χ3v) is 2.05. The van der Waals surface area contributed by atoms with Gasteiger partial charge in [0.25, 0.3) is 0 Å². The monoisotopic (exact) mass is 234 g/mol. The first-order valence-corrected chi connectivity index (χ1v) is 4.30. The topological polar surface area (TPSA) is 66.8 Å². The summed E-state index contributed by atoms with van der Waals surface area (Å²) >= 11 is 5.45. The van der Waals surface area contributed by atoms with Gasteiger partial charge in [0, 0.05) is 11.6 Å². The van der Waals surface area contributed by atoms with Gasteiger partial charge in [-0.15, -0.1) is 0 Å². The first-order chi connectivity index (χ1) is 6.97. The number of rotatable bonds is 3. The van der Waals surface area contributed by atoms with E-state index in [1.165, 1.54) is 7.11 Å². The summed E-state index contributed by atoms with van der Waals surface area (Å²) in [6, 6.07) is 0.959. The molecule has 0 aliphatic rings. The van der Waals surface area contributed by atoms with Crippen LogP contribution in [0.2, 0.25) is 5.02 Å². The van der Waals surface area contributed by atoms with E-state index in [0.29, 0.717) is 0 Å². The Kier molecular flexibility index (Phi) is 3.36. The fourth-order valence-corrected chi connectivity index (χ4v) is 1.40. The Morgan fingerprint density at radius 2 is 2.27 bits per heavy atom. The first kappa shape index (κ1) is 11.6. The van der Waals surface area contributed by atoms with Crippen LogP contribution in [0, 0.1) is 5.82 Å². The van der Waals surface area contributed by atoms with Crippen LogP contribution in [-0.4, -0.2) is 23.3 Å². The molecule has 0 spiro atoms. The van der Waals surface area contributed by atoms with Gasteiger partial charge in [-0.2, -0.15) is 0 Å². The minimum Gasteiger partial charge on any atom is -0.504 e. The summed E-state index contributed by atoms with van der Waals surface area (Å²) in [5.74, 6) is -2.73. The SMILES string of the molecule is COc1c(O)cc(Cl)c(F)c1CC(=O)O. The highest BCUT2D eigenvalue weighted by Gasteiger charge is 2.20. The lowest BCUT2D eigenvalue weighted by atomic mass is 10.1. The van der Waals surface area contributed by atoms with E-state index in [1.807, 2.05) is 0 Å². The van der Waals surface area contributed by atoms with Gasteiger partial charge in [-0.3, -0.25) is 4.79 Å². The average molecular weight is 235 g/mol. The van der Waals surface area contributed by atoms with E-state index in [2.05, 4.69) is 0 Å². The van der Waals surface area contributed by atoms with Gasteiger partial charge in [0.05, 0.1) is 18.6 Å². The number of carbonyl (C=O) groups is 1. The zero-order valence-electron chi connectivity index (χ0n) is 7.75. The van der Waals surface area contributed by atoms with Crippen LogP contribution in [0.15, 0.2) is 6.07 Å². The van der Waals surface area contributed by atoms with E-state index < -0.39 is 18.2 Å². The third-order valence-electron chi connectivity index (χ3n) is 1.78. The van der Waals surface area contributed by atoms with Crippen LogP contribution in [0.4, 0.5) is 4.39 Å². The van der Waals surface area contributed by atoms with E-state index in [9.17, 15) is 14.3 Å². The van der Waals surface area contributed by atoms with E-state index in [0.717, 1.165) is 6.07 Å². The molecule has 0 unspecified atom stereocenters. The standard InChI is InChI=1S/C9H8ClFO4/c1-15-9-4(2-7(13)14)8(11)5(10)3-6(9)12/h3,12H,2H2,1H3,(H,13,14). The second kappa shape index (κ2) is 4.35. The lowest BCUT2D eigenvalue weighted by Crippen LogP contribution is -2.05. The number of carboxylic acid groups (broad SMARTS) is 1. The molecule has 0 aromatic heterocycles. The molecule has 0 heterocycles. The van der Waals surface area contributed by atoms with Crippen LogP contribution in [0.1, 0.15) is 5.56 Å². The molecule has 2 N–H and O–H groups in total. The van der Waals surface area contributed by atoms with Crippen LogP contribution >= 0.6 is 11.6 Å². The number of benzene rings is 1. The van der Waals surface area contributed by atoms with Gasteiger partial charge in [-0.25, -0.2) is 4.39 Å². The van der Waals surface area contributed by atoms with Crippen LogP contribution < -0.4 is 4.74 Å². The predicted molar refractivity (Wildman–Crippen MR) is 51.0 cm³/mol. The summed E-state index contributed by atoms with van der Waals surface area (Å²) in [6.07, 6.45) is -0.608. The molecule has 1 aromatic rings. The Labute approximate surface area is 89.9 Å². The van der Waals surface area contributed by atoms with Crippen LogP contribution in [-0.2, 0) is 11.2 Å². The molecule has 15 heavy (non-hydrogen) atoms. The second-order valence-electron chi connectivity index (χ2n) is 2.77. The van der Waals surface area contributed by atoms with Crippen molar-refractivity contribution in [3.05, 3.63) is 22.5 Å². The number of hydrogen-bond acceptors (Lipinski definition) is 3. The molecule has 6 heteroatoms. The van der Waals surface area contributed by atoms with Gasteiger partial charge in [-0.05, 0) is 0 Å². The Morgan fingerprint density at radius 3 is 2.73 bits per heavy atom. The summed E-state index contributed by atoms with van der Waals surface area (Å²) in [4.78, 5) is 10.5. The highest BCUT2D eigenvalue weighted by molar-refractivity contribution is 6.31. The second-order valence-corrected chi connectivity index (χ2v) is 3.18. The van der Waals surface area contributed by atoms with Gasteiger partial charge in [0.2, 0.25) is 0 Å². The zero-order chi connectivity index (χ0) is 11.6. The molecule has 0 radical (unpaired) electrons. The zero-order valence-corrected chi connectivity index (χ0v) is 8.51. The van der Waals surface area contributed by atoms with Crippen molar-refractivity contribution >= 4 is 17.6 Å². The number of aromatic hydroxyl groups is 1. The predicted octanol–water partition coefficient (Wildman–Crippen LogP) is 1.82. The highest BCUT2D eigenvalue weighted by Crippen LogP contribution is 2.36. The minimum absolute atomic E-state index is 0.209. The average Bonchev–Trinajstić information content (AvgIpc) is 2.13. The number of aliphatic carboxylic acids is 1. The molecule has 4 nitrogen and oxygen atoms in total. The summed E-state index contributed by atoms with van der Waals surface area (Å²) in [5, 5.41) is 17.5. The van der Waals surface area contributed by atoms with Crippen LogP contribution in [0.5, 0.6) is 11.5 Å². The maximum Gasteiger partial charge on any atom is 0.308 e. The maximum atomic E-state index is 13.4. The van der Waals surface area contributed by atoms with E-state index in [-0.39, 0.29) is 22.1 Å². The minimum atomic E-state index is -1.24. The number of carboxylic acids is 1. The van der Waals surface area contributed by atoms with Crippen molar-refractivity contribution in [2.45, 2.75) is 6.42 Å². The smallest absolute Gasteiger partial charge is 0.308 e. The Bertz CT molecular complexity index is 406. The molecule has 1 aromatic carbocycles. The van der Waals surface area contributed by atoms with Crippen molar-refractivity contribution in [1.82, 2.24) is 0 Å². The molecule has 82 valence electrons. The van der Waals surface area contributed by atoms with Gasteiger partial charge >= 0.3 is 5.97 Å². The van der Waals surface area contributed by atoms with Crippen molar-refractivity contribution in [1.29, 1.82) is 0 Å². The normalized spacial score (nSPS) is 10.1. The van der Waals surface area contributed by atoms with Gasteiger partial charge in [-0.1, -0.05) is 11.6 Å². The van der Waals surface area contributed by atoms with E-state index >= 15 is 0 Å². The Hall–Kier alpha value is -1.49. The molecule has 0 amide bonds. The fraction of sp³-hybridized carbons (Fsp3) is 0.222. The molecule has 0 saturated heterocycles. The summed E-state index contributed by atoms with van der Waals surface area (Å²) in [5.41, 5.74) is -0.269. The fourth-order valence-electron chi connectivity index (χ4n) is 1.18. The van der Waals surface area contributed by atoms with Crippen molar-refractivity contribution < 1.29 is 24.1 Å². The van der Waals surface area contributed by atoms with Gasteiger partial charge < -0.3 is 14.9 Å². The summed E-state index contributed by atoms with van der Waals surface area (Å²) < 4.78 is 18.1. The lowest BCUT2D eigenvalue weighted by molar-refractivity contribution is -0.136. The van der Waals surface area contributed by atoms with Crippen molar-refractivity contribution in [2.24, 2.45) is 0 Å². The summed E-state index contributed by atoms with van der Waals surface area (Å²) in [6.45, 7) is 0. The molecular weight excluding hydrogens is 227 g/mol. The maximum absolute atomic E-state index is 13.4. The van der Waals surface area contributed by atoms with Gasteiger partial charge in [0.15, 0.2) is 11.5 Å². The number of phenolic OH excluding ortho intramolecular Hbond substituents is 1. The quantitative estimate of drug-likeness (QED) is 0.837. The number of hydrogen-bond donors (Lipinski definition) is 2. The number of halogens is 2. The Balaban J connectivity index is 3.36. The molecule has 1 rings (SSSR count). The van der Waals surface area contributed by atoms with Crippen molar-refractivity contribution in [3.8, 4) is 11.5 Å². The molecule has 0 fully saturated rings. The van der Waals surface area contributed by atoms with Crippen LogP contribution in [0.25, 0.3) is 0 Å². The highest BCUT2D eigenvalue weighted by atomic mass is 35.5. The third kappa shape index (κ3) is 2.30. The van der Waals surface area contributed by atoms with Crippen molar-refractivity contribution in [3.63, 3.8) is 0 Å². The molecule has 0 atom stereocenters. The molecule has 0 aliphatic heterocycles. The lowest BCUT2D eigenvalue weighted by Gasteiger charge is -2.10. The molecule has 0 bridgehead atoms. The molecular formula is C9H8ClFO4. The van der Waals surface area contributed by atoms with Crippen molar-refractivity contribution in [2.75, 3.05) is 7.11 Å². The number of ether oxygens (including phenoxy) is 1. The van der Waals surface area contributed by atoms with Gasteiger partial charge in [0.1, 0.15) is 5.82 Å². The molecule has 0 saturated carbocycles. The number of methoxy groups -OCH3 is 1. The van der Waals surface area contributed by atoms with E-state index in [1.54, 1.807) is 0 Å². The number of phenols is 1. The van der Waals surface area contributed by atoms with E-state index in [4.69, 9.17) is 21.4 Å². The molecule has 0 aliphatic carbocycles. The van der Waals surface area contributed by atoms with Crippen LogP contribution in [0.3, 0.4) is 0 Å². The first-order valence-electron chi connectivity index (χ1n) is 3.93.